The van der Waals surface area contributed by atoms with Gasteiger partial charge in [0.15, 0.2) is 0 Å². The molecule has 1 N–H and O–H groups in total. The third kappa shape index (κ3) is 3.27. The Bertz CT molecular complexity index is 251. The standard InChI is InChI=1S/C13H23NO3/c15-9-12-2-1-5-14(8-12)10-13(11-16)3-6-17-7-4-13/h11-12,15H,1-10H2. The minimum Gasteiger partial charge on any atom is -0.396 e. The van der Waals surface area contributed by atoms with Crippen molar-refractivity contribution in [3.8, 4) is 0 Å². The van der Waals surface area contributed by atoms with Crippen molar-refractivity contribution in [3.05, 3.63) is 0 Å². The molecule has 4 heteroatoms. The third-order valence-corrected chi connectivity index (χ3v) is 4.14. The fourth-order valence-electron chi connectivity index (χ4n) is 2.98. The number of aldehydes is 1. The van der Waals surface area contributed by atoms with Gasteiger partial charge < -0.3 is 19.5 Å². The second-order valence-electron chi connectivity index (χ2n) is 5.52. The second-order valence-corrected chi connectivity index (χ2v) is 5.52. The summed E-state index contributed by atoms with van der Waals surface area (Å²) in [5, 5.41) is 9.22. The van der Waals surface area contributed by atoms with E-state index in [9.17, 15) is 9.90 Å². The van der Waals surface area contributed by atoms with Crippen LogP contribution in [-0.4, -0.2) is 55.7 Å². The van der Waals surface area contributed by atoms with Crippen LogP contribution in [0.2, 0.25) is 0 Å². The van der Waals surface area contributed by atoms with Crippen molar-refractivity contribution in [2.75, 3.05) is 39.5 Å². The minimum absolute atomic E-state index is 0.199. The summed E-state index contributed by atoms with van der Waals surface area (Å²) in [6.45, 7) is 4.52. The van der Waals surface area contributed by atoms with E-state index in [1.165, 1.54) is 0 Å². The van der Waals surface area contributed by atoms with E-state index in [-0.39, 0.29) is 12.0 Å². The fraction of sp³-hybridized carbons (Fsp3) is 0.923. The van der Waals surface area contributed by atoms with E-state index in [4.69, 9.17) is 4.74 Å². The van der Waals surface area contributed by atoms with E-state index >= 15 is 0 Å². The Morgan fingerprint density at radius 3 is 2.82 bits per heavy atom. The maximum Gasteiger partial charge on any atom is 0.127 e. The van der Waals surface area contributed by atoms with E-state index < -0.39 is 0 Å². The SMILES string of the molecule is O=CC1(CN2CCCC(CO)C2)CCOCC1. The third-order valence-electron chi connectivity index (χ3n) is 4.14. The molecule has 0 radical (unpaired) electrons. The molecule has 2 aliphatic heterocycles. The minimum atomic E-state index is -0.199. The van der Waals surface area contributed by atoms with Crippen LogP contribution in [0.15, 0.2) is 0 Å². The van der Waals surface area contributed by atoms with Crippen LogP contribution in [0.1, 0.15) is 25.7 Å². The molecule has 4 nitrogen and oxygen atoms in total. The van der Waals surface area contributed by atoms with Gasteiger partial charge in [-0.25, -0.2) is 0 Å². The lowest BCUT2D eigenvalue weighted by molar-refractivity contribution is -0.123. The first kappa shape index (κ1) is 13.0. The fourth-order valence-corrected chi connectivity index (χ4v) is 2.98. The van der Waals surface area contributed by atoms with Gasteiger partial charge in [0.2, 0.25) is 0 Å². The second kappa shape index (κ2) is 5.94. The Morgan fingerprint density at radius 2 is 2.18 bits per heavy atom. The predicted octanol–water partition coefficient (Wildman–Crippen LogP) is 0.686. The highest BCUT2D eigenvalue weighted by Crippen LogP contribution is 2.30. The highest BCUT2D eigenvalue weighted by Gasteiger charge is 2.35. The number of likely N-dealkylation sites (tertiary alicyclic amines) is 1. The number of rotatable bonds is 4. The molecule has 2 heterocycles. The zero-order chi connectivity index (χ0) is 12.1. The highest BCUT2D eigenvalue weighted by molar-refractivity contribution is 5.60. The Labute approximate surface area is 103 Å². The molecule has 0 saturated carbocycles. The molecule has 0 aromatic carbocycles. The smallest absolute Gasteiger partial charge is 0.127 e. The molecule has 0 aliphatic carbocycles. The van der Waals surface area contributed by atoms with Crippen LogP contribution < -0.4 is 0 Å². The Morgan fingerprint density at radius 1 is 1.41 bits per heavy atom. The molecule has 0 spiro atoms. The summed E-state index contributed by atoms with van der Waals surface area (Å²) >= 11 is 0. The summed E-state index contributed by atoms with van der Waals surface area (Å²) in [7, 11) is 0. The highest BCUT2D eigenvalue weighted by atomic mass is 16.5. The topological polar surface area (TPSA) is 49.8 Å². The molecule has 2 fully saturated rings. The van der Waals surface area contributed by atoms with Crippen molar-refractivity contribution in [2.45, 2.75) is 25.7 Å². The summed E-state index contributed by atoms with van der Waals surface area (Å²) in [5.74, 6) is 0.396. The van der Waals surface area contributed by atoms with Gasteiger partial charge >= 0.3 is 0 Å². The molecule has 1 unspecified atom stereocenters. The van der Waals surface area contributed by atoms with Crippen LogP contribution in [0.25, 0.3) is 0 Å². The van der Waals surface area contributed by atoms with E-state index in [2.05, 4.69) is 4.90 Å². The molecule has 0 amide bonds. The number of aliphatic hydroxyl groups excluding tert-OH is 1. The maximum atomic E-state index is 11.4. The Hall–Kier alpha value is -0.450. The largest absolute Gasteiger partial charge is 0.396 e. The van der Waals surface area contributed by atoms with Gasteiger partial charge in [-0.1, -0.05) is 0 Å². The van der Waals surface area contributed by atoms with Gasteiger partial charge in [0.25, 0.3) is 0 Å². The number of hydrogen-bond acceptors (Lipinski definition) is 4. The van der Waals surface area contributed by atoms with Gasteiger partial charge in [-0.05, 0) is 38.1 Å². The number of carbonyl (C=O) groups excluding carboxylic acids is 1. The zero-order valence-electron chi connectivity index (χ0n) is 10.4. The molecule has 0 bridgehead atoms. The first-order chi connectivity index (χ1) is 8.28. The molecule has 2 saturated heterocycles. The van der Waals surface area contributed by atoms with Gasteiger partial charge in [-0.2, -0.15) is 0 Å². The van der Waals surface area contributed by atoms with E-state index in [0.717, 1.165) is 51.6 Å². The number of nitrogens with zero attached hydrogens (tertiary/aromatic N) is 1. The van der Waals surface area contributed by atoms with Crippen LogP contribution in [0.4, 0.5) is 0 Å². The lowest BCUT2D eigenvalue weighted by Gasteiger charge is -2.40. The first-order valence-corrected chi connectivity index (χ1v) is 6.65. The molecular formula is C13H23NO3. The molecule has 1 atom stereocenters. The summed E-state index contributed by atoms with van der Waals surface area (Å²) in [5.41, 5.74) is -0.199. The Balaban J connectivity index is 1.91. The predicted molar refractivity (Wildman–Crippen MR) is 64.8 cm³/mol. The summed E-state index contributed by atoms with van der Waals surface area (Å²) in [4.78, 5) is 13.7. The summed E-state index contributed by atoms with van der Waals surface area (Å²) in [6.07, 6.45) is 5.08. The lowest BCUT2D eigenvalue weighted by atomic mass is 9.80. The van der Waals surface area contributed by atoms with Crippen LogP contribution in [0.3, 0.4) is 0 Å². The van der Waals surface area contributed by atoms with Crippen molar-refractivity contribution in [2.24, 2.45) is 11.3 Å². The number of ether oxygens (including phenoxy) is 1. The van der Waals surface area contributed by atoms with Crippen molar-refractivity contribution < 1.29 is 14.6 Å². The number of carbonyl (C=O) groups is 1. The average molecular weight is 241 g/mol. The van der Waals surface area contributed by atoms with Gasteiger partial charge in [0.05, 0.1) is 0 Å². The Kier molecular flexibility index (Phi) is 4.54. The van der Waals surface area contributed by atoms with Gasteiger partial charge in [0.1, 0.15) is 6.29 Å². The molecular weight excluding hydrogens is 218 g/mol. The van der Waals surface area contributed by atoms with Crippen molar-refractivity contribution in [1.29, 1.82) is 0 Å². The van der Waals surface area contributed by atoms with Crippen molar-refractivity contribution in [3.63, 3.8) is 0 Å². The number of piperidine rings is 1. The average Bonchev–Trinajstić information content (AvgIpc) is 2.40. The normalized spacial score (nSPS) is 30.1. The molecule has 2 aliphatic rings. The summed E-state index contributed by atoms with van der Waals surface area (Å²) < 4.78 is 5.34. The van der Waals surface area contributed by atoms with Crippen molar-refractivity contribution in [1.82, 2.24) is 4.90 Å². The van der Waals surface area contributed by atoms with E-state index in [0.29, 0.717) is 19.1 Å². The van der Waals surface area contributed by atoms with E-state index in [1.54, 1.807) is 0 Å². The molecule has 0 aromatic heterocycles. The van der Waals surface area contributed by atoms with Crippen LogP contribution in [0.5, 0.6) is 0 Å². The molecule has 0 aromatic rings. The van der Waals surface area contributed by atoms with E-state index in [1.807, 2.05) is 0 Å². The van der Waals surface area contributed by atoms with Gasteiger partial charge in [-0.15, -0.1) is 0 Å². The number of hydrogen-bond donors (Lipinski definition) is 1. The lowest BCUT2D eigenvalue weighted by Crippen LogP contribution is -2.46. The molecule has 2 rings (SSSR count). The zero-order valence-corrected chi connectivity index (χ0v) is 10.4. The van der Waals surface area contributed by atoms with Gasteiger partial charge in [-0.3, -0.25) is 0 Å². The maximum absolute atomic E-state index is 11.4. The van der Waals surface area contributed by atoms with Crippen LogP contribution >= 0.6 is 0 Å². The van der Waals surface area contributed by atoms with Crippen molar-refractivity contribution >= 4 is 6.29 Å². The quantitative estimate of drug-likeness (QED) is 0.736. The van der Waals surface area contributed by atoms with Gasteiger partial charge in [0, 0.05) is 38.3 Å². The monoisotopic (exact) mass is 241 g/mol. The number of aliphatic hydroxyl groups is 1. The van der Waals surface area contributed by atoms with Crippen LogP contribution in [-0.2, 0) is 9.53 Å². The first-order valence-electron chi connectivity index (χ1n) is 6.65. The molecule has 17 heavy (non-hydrogen) atoms. The summed E-state index contributed by atoms with van der Waals surface area (Å²) in [6, 6.07) is 0. The van der Waals surface area contributed by atoms with Crippen LogP contribution in [0, 0.1) is 11.3 Å². The molecule has 98 valence electrons.